The van der Waals surface area contributed by atoms with Crippen LogP contribution in [0.1, 0.15) is 12.1 Å². The Morgan fingerprint density at radius 2 is 2.10 bits per heavy atom. The number of rotatable bonds is 1. The minimum atomic E-state index is -0.578. The number of nitrogens with zero attached hydrogens (tertiary/aromatic N) is 2. The van der Waals surface area contributed by atoms with E-state index in [1.165, 1.54) is 0 Å². The zero-order valence-corrected chi connectivity index (χ0v) is 10.9. The number of fused-ring (bicyclic) bond motifs is 3. The largest absolute Gasteiger partial charge is 0.350 e. The summed E-state index contributed by atoms with van der Waals surface area (Å²) in [7, 11) is 0. The third-order valence-electron chi connectivity index (χ3n) is 4.19. The first-order valence-corrected chi connectivity index (χ1v) is 6.72. The molecule has 0 saturated carbocycles. The second-order valence-corrected chi connectivity index (χ2v) is 5.30. The lowest BCUT2D eigenvalue weighted by atomic mass is 9.99. The molecule has 0 N–H and O–H groups in total. The average Bonchev–Trinajstić information content (AvgIpc) is 3.03. The summed E-state index contributed by atoms with van der Waals surface area (Å²) in [5, 5.41) is 12.9. The molecule has 2 aliphatic heterocycles. The number of hydrogen-bond acceptors (Lipinski definition) is 4. The van der Waals surface area contributed by atoms with Crippen molar-refractivity contribution in [2.75, 3.05) is 13.2 Å². The molecule has 1 aromatic carbocycles. The summed E-state index contributed by atoms with van der Waals surface area (Å²) in [4.78, 5) is 10.9. The van der Waals surface area contributed by atoms with Gasteiger partial charge in [0, 0.05) is 42.7 Å². The van der Waals surface area contributed by atoms with Gasteiger partial charge in [-0.2, -0.15) is 0 Å². The fourth-order valence-corrected chi connectivity index (χ4v) is 3.29. The van der Waals surface area contributed by atoms with Gasteiger partial charge in [-0.25, -0.2) is 0 Å². The average molecular weight is 274 g/mol. The Balaban J connectivity index is 1.91. The lowest BCUT2D eigenvalue weighted by Gasteiger charge is -2.32. The molecule has 4 rings (SSSR count). The zero-order chi connectivity index (χ0) is 13.7. The maximum absolute atomic E-state index is 11.2. The van der Waals surface area contributed by atoms with Crippen LogP contribution in [0.3, 0.4) is 0 Å². The monoisotopic (exact) mass is 274 g/mol. The number of aromatic nitrogens is 1. The number of non-ortho nitro benzene ring substituents is 1. The van der Waals surface area contributed by atoms with Crippen molar-refractivity contribution in [3.05, 3.63) is 40.2 Å². The van der Waals surface area contributed by atoms with Crippen molar-refractivity contribution < 1.29 is 14.4 Å². The summed E-state index contributed by atoms with van der Waals surface area (Å²) in [6.07, 6.45) is 3.34. The second-order valence-electron chi connectivity index (χ2n) is 5.30. The molecule has 0 radical (unpaired) electrons. The van der Waals surface area contributed by atoms with Crippen molar-refractivity contribution in [1.82, 2.24) is 4.57 Å². The van der Waals surface area contributed by atoms with E-state index >= 15 is 0 Å². The highest BCUT2D eigenvalue weighted by molar-refractivity contribution is 5.93. The third-order valence-corrected chi connectivity index (χ3v) is 4.19. The highest BCUT2D eigenvalue weighted by atomic mass is 16.7. The van der Waals surface area contributed by atoms with E-state index in [9.17, 15) is 10.1 Å². The fraction of sp³-hybridized carbons (Fsp3) is 0.429. The summed E-state index contributed by atoms with van der Waals surface area (Å²) in [5.41, 5.74) is 1.10. The minimum absolute atomic E-state index is 0.159. The SMILES string of the molecule is O=[N+]([O-])c1cccc2cn3c(c12)CC1(CC3)OCCO1. The molecule has 0 bridgehead atoms. The van der Waals surface area contributed by atoms with Crippen molar-refractivity contribution in [3.63, 3.8) is 0 Å². The summed E-state index contributed by atoms with van der Waals surface area (Å²) >= 11 is 0. The molecule has 104 valence electrons. The van der Waals surface area contributed by atoms with Gasteiger partial charge in [-0.05, 0) is 0 Å². The van der Waals surface area contributed by atoms with E-state index in [1.807, 2.05) is 12.3 Å². The van der Waals surface area contributed by atoms with Gasteiger partial charge in [0.05, 0.1) is 23.5 Å². The molecule has 2 aromatic rings. The van der Waals surface area contributed by atoms with Crippen LogP contribution in [0, 0.1) is 10.1 Å². The van der Waals surface area contributed by atoms with Gasteiger partial charge in [0.25, 0.3) is 5.69 Å². The molecule has 1 aromatic heterocycles. The maximum atomic E-state index is 11.2. The first kappa shape index (κ1) is 11.9. The number of ether oxygens (including phenoxy) is 2. The van der Waals surface area contributed by atoms with Gasteiger partial charge in [0.2, 0.25) is 0 Å². The van der Waals surface area contributed by atoms with E-state index in [-0.39, 0.29) is 10.6 Å². The Hall–Kier alpha value is -1.92. The predicted octanol–water partition coefficient (Wildman–Crippen LogP) is 2.24. The summed E-state index contributed by atoms with van der Waals surface area (Å²) in [5.74, 6) is -0.578. The van der Waals surface area contributed by atoms with Crippen LogP contribution in [0.5, 0.6) is 0 Å². The Kier molecular flexibility index (Phi) is 2.40. The van der Waals surface area contributed by atoms with E-state index in [0.717, 1.165) is 29.4 Å². The molecule has 1 saturated heterocycles. The summed E-state index contributed by atoms with van der Waals surface area (Å²) in [6.45, 7) is 1.96. The van der Waals surface area contributed by atoms with Gasteiger partial charge in [0.1, 0.15) is 0 Å². The van der Waals surface area contributed by atoms with Crippen molar-refractivity contribution in [2.45, 2.75) is 25.2 Å². The molecule has 1 spiro atoms. The van der Waals surface area contributed by atoms with Crippen molar-refractivity contribution in [1.29, 1.82) is 0 Å². The number of aryl methyl sites for hydroxylation is 1. The Labute approximate surface area is 115 Å². The molecule has 0 unspecified atom stereocenters. The molecular weight excluding hydrogens is 260 g/mol. The minimum Gasteiger partial charge on any atom is -0.350 e. The quantitative estimate of drug-likeness (QED) is 0.591. The lowest BCUT2D eigenvalue weighted by molar-refractivity contribution is -0.383. The van der Waals surface area contributed by atoms with Gasteiger partial charge in [0.15, 0.2) is 5.79 Å². The Morgan fingerprint density at radius 3 is 2.85 bits per heavy atom. The van der Waals surface area contributed by atoms with Gasteiger partial charge < -0.3 is 14.0 Å². The maximum Gasteiger partial charge on any atom is 0.279 e. The highest BCUT2D eigenvalue weighted by Crippen LogP contribution is 2.39. The summed E-state index contributed by atoms with van der Waals surface area (Å²) < 4.78 is 13.6. The Bertz CT molecular complexity index is 701. The van der Waals surface area contributed by atoms with Crippen LogP contribution < -0.4 is 0 Å². The number of nitro benzene ring substituents is 1. The molecule has 6 heteroatoms. The molecule has 6 nitrogen and oxygen atoms in total. The molecule has 3 heterocycles. The standard InChI is InChI=1S/C14H14N2O4/c17-16(18)11-3-1-2-10-9-15-5-4-14(19-6-7-20-14)8-12(15)13(10)11/h1-3,9H,4-8H2. The smallest absolute Gasteiger partial charge is 0.279 e. The van der Waals surface area contributed by atoms with Crippen molar-refractivity contribution >= 4 is 16.5 Å². The second kappa shape index (κ2) is 4.04. The van der Waals surface area contributed by atoms with Gasteiger partial charge in [-0.3, -0.25) is 10.1 Å². The molecule has 20 heavy (non-hydrogen) atoms. The molecule has 1 fully saturated rings. The van der Waals surface area contributed by atoms with E-state index in [0.29, 0.717) is 19.6 Å². The first-order chi connectivity index (χ1) is 9.69. The number of hydrogen-bond donors (Lipinski definition) is 0. The van der Waals surface area contributed by atoms with E-state index in [1.54, 1.807) is 12.1 Å². The van der Waals surface area contributed by atoms with Crippen LogP contribution >= 0.6 is 0 Å². The van der Waals surface area contributed by atoms with Crippen LogP contribution in [-0.4, -0.2) is 28.5 Å². The van der Waals surface area contributed by atoms with Crippen molar-refractivity contribution in [3.8, 4) is 0 Å². The van der Waals surface area contributed by atoms with Crippen LogP contribution in [0.25, 0.3) is 10.8 Å². The van der Waals surface area contributed by atoms with Crippen molar-refractivity contribution in [2.24, 2.45) is 0 Å². The number of benzene rings is 1. The topological polar surface area (TPSA) is 66.5 Å². The first-order valence-electron chi connectivity index (χ1n) is 6.72. The van der Waals surface area contributed by atoms with E-state index in [4.69, 9.17) is 9.47 Å². The molecule has 0 aliphatic carbocycles. The van der Waals surface area contributed by atoms with Gasteiger partial charge >= 0.3 is 0 Å². The molecule has 0 amide bonds. The van der Waals surface area contributed by atoms with E-state index in [2.05, 4.69) is 4.57 Å². The van der Waals surface area contributed by atoms with Gasteiger partial charge in [-0.15, -0.1) is 0 Å². The van der Waals surface area contributed by atoms with Crippen LogP contribution in [-0.2, 0) is 22.4 Å². The normalized spacial score (nSPS) is 20.4. The van der Waals surface area contributed by atoms with Crippen LogP contribution in [0.2, 0.25) is 0 Å². The van der Waals surface area contributed by atoms with Gasteiger partial charge in [-0.1, -0.05) is 12.1 Å². The third kappa shape index (κ3) is 1.58. The molecule has 0 atom stereocenters. The van der Waals surface area contributed by atoms with E-state index < -0.39 is 5.79 Å². The van der Waals surface area contributed by atoms with Crippen LogP contribution in [0.15, 0.2) is 24.4 Å². The Morgan fingerprint density at radius 1 is 1.30 bits per heavy atom. The lowest BCUT2D eigenvalue weighted by Crippen LogP contribution is -2.38. The fourth-order valence-electron chi connectivity index (χ4n) is 3.29. The summed E-state index contributed by atoms with van der Waals surface area (Å²) in [6, 6.07) is 5.20. The zero-order valence-electron chi connectivity index (χ0n) is 10.9. The number of nitro groups is 1. The van der Waals surface area contributed by atoms with Crippen LogP contribution in [0.4, 0.5) is 5.69 Å². The highest BCUT2D eigenvalue weighted by Gasteiger charge is 2.41. The molecule has 2 aliphatic rings. The predicted molar refractivity (Wildman–Crippen MR) is 71.5 cm³/mol. The molecular formula is C14H14N2O4.